The van der Waals surface area contributed by atoms with E-state index in [4.69, 9.17) is 4.74 Å². The Balaban J connectivity index is 1.76. The Morgan fingerprint density at radius 2 is 1.87 bits per heavy atom. The fourth-order valence-electron chi connectivity index (χ4n) is 3.26. The second-order valence-electron chi connectivity index (χ2n) is 5.77. The van der Waals surface area contributed by atoms with Crippen LogP contribution in [-0.2, 0) is 12.8 Å². The van der Waals surface area contributed by atoms with Crippen LogP contribution in [0.2, 0.25) is 0 Å². The van der Waals surface area contributed by atoms with Crippen LogP contribution in [0.3, 0.4) is 0 Å². The number of benzene rings is 3. The van der Waals surface area contributed by atoms with Crippen molar-refractivity contribution in [3.05, 3.63) is 65.2 Å². The fraction of sp³-hybridized carbons (Fsp3) is 0.150. The lowest BCUT2D eigenvalue weighted by molar-refractivity contribution is 0.373. The van der Waals surface area contributed by atoms with E-state index in [1.54, 1.807) is 25.5 Å². The van der Waals surface area contributed by atoms with Crippen molar-refractivity contribution in [1.29, 1.82) is 0 Å². The highest BCUT2D eigenvalue weighted by molar-refractivity contribution is 6.00. The molecule has 0 bridgehead atoms. The van der Waals surface area contributed by atoms with Gasteiger partial charge in [0.15, 0.2) is 11.5 Å². The smallest absolute Gasteiger partial charge is 0.161 e. The largest absolute Gasteiger partial charge is 0.504 e. The Morgan fingerprint density at radius 1 is 1.04 bits per heavy atom. The Hall–Kier alpha value is -2.81. The van der Waals surface area contributed by atoms with Crippen molar-refractivity contribution >= 4 is 22.7 Å². The van der Waals surface area contributed by atoms with Crippen LogP contribution >= 0.6 is 0 Å². The molecule has 4 rings (SSSR count). The third-order valence-corrected chi connectivity index (χ3v) is 4.41. The van der Waals surface area contributed by atoms with Crippen LogP contribution in [0.15, 0.2) is 53.5 Å². The second kappa shape index (κ2) is 5.43. The van der Waals surface area contributed by atoms with Gasteiger partial charge >= 0.3 is 0 Å². The molecule has 0 spiro atoms. The molecule has 0 heterocycles. The van der Waals surface area contributed by atoms with Crippen molar-refractivity contribution in [2.75, 3.05) is 7.11 Å². The van der Waals surface area contributed by atoms with Crippen molar-refractivity contribution in [2.45, 2.75) is 12.8 Å². The van der Waals surface area contributed by atoms with Gasteiger partial charge in [0.25, 0.3) is 0 Å². The van der Waals surface area contributed by atoms with E-state index >= 15 is 0 Å². The molecule has 0 saturated carbocycles. The van der Waals surface area contributed by atoms with E-state index in [-0.39, 0.29) is 5.75 Å². The summed E-state index contributed by atoms with van der Waals surface area (Å²) in [4.78, 5) is 4.66. The van der Waals surface area contributed by atoms with E-state index < -0.39 is 0 Å². The number of nitrogens with zero attached hydrogens (tertiary/aromatic N) is 1. The molecule has 0 atom stereocenters. The molecule has 0 aliphatic heterocycles. The molecular formula is C20H17NO2. The summed E-state index contributed by atoms with van der Waals surface area (Å²) in [6.45, 7) is 0. The summed E-state index contributed by atoms with van der Waals surface area (Å²) in [5.41, 5.74) is 4.70. The zero-order valence-corrected chi connectivity index (χ0v) is 12.9. The lowest BCUT2D eigenvalue weighted by Crippen LogP contribution is -1.87. The fourth-order valence-corrected chi connectivity index (χ4v) is 3.26. The van der Waals surface area contributed by atoms with Gasteiger partial charge in [0, 0.05) is 11.6 Å². The zero-order valence-electron chi connectivity index (χ0n) is 12.9. The van der Waals surface area contributed by atoms with Gasteiger partial charge in [0.05, 0.1) is 12.8 Å². The number of rotatable bonds is 3. The number of hydrogen-bond acceptors (Lipinski definition) is 3. The predicted molar refractivity (Wildman–Crippen MR) is 93.3 cm³/mol. The Labute approximate surface area is 134 Å². The van der Waals surface area contributed by atoms with Gasteiger partial charge in [-0.15, -0.1) is 0 Å². The molecule has 0 aromatic heterocycles. The number of hydrogen-bond donors (Lipinski definition) is 1. The maximum atomic E-state index is 9.66. The number of aromatic hydroxyl groups is 1. The maximum absolute atomic E-state index is 9.66. The quantitative estimate of drug-likeness (QED) is 0.728. The van der Waals surface area contributed by atoms with Crippen LogP contribution in [0.4, 0.5) is 5.69 Å². The number of ether oxygens (including phenoxy) is 1. The molecule has 0 fully saturated rings. The van der Waals surface area contributed by atoms with Crippen molar-refractivity contribution in [2.24, 2.45) is 4.99 Å². The minimum atomic E-state index is 0.134. The van der Waals surface area contributed by atoms with Crippen LogP contribution in [0.1, 0.15) is 16.7 Å². The molecular weight excluding hydrogens is 286 g/mol. The highest BCUT2D eigenvalue weighted by atomic mass is 16.5. The van der Waals surface area contributed by atoms with Crippen molar-refractivity contribution in [3.8, 4) is 11.5 Å². The van der Waals surface area contributed by atoms with Gasteiger partial charge in [-0.05, 0) is 59.2 Å². The third kappa shape index (κ3) is 2.34. The maximum Gasteiger partial charge on any atom is 0.161 e. The van der Waals surface area contributed by atoms with E-state index in [2.05, 4.69) is 35.3 Å². The third-order valence-electron chi connectivity index (χ3n) is 4.41. The highest BCUT2D eigenvalue weighted by Gasteiger charge is 2.15. The lowest BCUT2D eigenvalue weighted by Gasteiger charge is -2.06. The van der Waals surface area contributed by atoms with Crippen LogP contribution in [0.25, 0.3) is 10.8 Å². The first kappa shape index (κ1) is 13.8. The molecule has 3 nitrogen and oxygen atoms in total. The molecule has 3 aromatic rings. The number of aryl methyl sites for hydroxylation is 2. The molecule has 0 amide bonds. The second-order valence-corrected chi connectivity index (χ2v) is 5.77. The Kier molecular flexibility index (Phi) is 3.27. The van der Waals surface area contributed by atoms with Crippen LogP contribution in [0, 0.1) is 0 Å². The Bertz CT molecular complexity index is 918. The van der Waals surface area contributed by atoms with E-state index in [1.807, 2.05) is 6.07 Å². The van der Waals surface area contributed by atoms with Gasteiger partial charge in [0.1, 0.15) is 0 Å². The van der Waals surface area contributed by atoms with Crippen LogP contribution in [-0.4, -0.2) is 18.4 Å². The zero-order chi connectivity index (χ0) is 15.8. The number of methoxy groups -OCH3 is 1. The van der Waals surface area contributed by atoms with Gasteiger partial charge < -0.3 is 9.84 Å². The number of phenols is 1. The van der Waals surface area contributed by atoms with Crippen molar-refractivity contribution in [1.82, 2.24) is 0 Å². The number of aliphatic imine (C=N–C) groups is 1. The summed E-state index contributed by atoms with van der Waals surface area (Å²) >= 11 is 0. The molecule has 3 aromatic carbocycles. The molecule has 3 heteroatoms. The van der Waals surface area contributed by atoms with E-state index in [9.17, 15) is 5.11 Å². The minimum absolute atomic E-state index is 0.134. The minimum Gasteiger partial charge on any atom is -0.504 e. The van der Waals surface area contributed by atoms with Gasteiger partial charge in [-0.3, -0.25) is 4.99 Å². The standard InChI is InChI=1S/C20H17NO2/c1-23-19-11-13(5-10-18(19)22)12-21-17-9-8-15-7-6-14-3-2-4-16(17)20(14)15/h2-5,8-12,22H,6-7H2,1H3. The average molecular weight is 303 g/mol. The molecule has 23 heavy (non-hydrogen) atoms. The summed E-state index contributed by atoms with van der Waals surface area (Å²) in [5.74, 6) is 0.587. The Morgan fingerprint density at radius 3 is 2.70 bits per heavy atom. The first-order valence-electron chi connectivity index (χ1n) is 7.71. The molecule has 1 aliphatic carbocycles. The first-order chi connectivity index (χ1) is 11.3. The SMILES string of the molecule is COc1cc(C=Nc2ccc3c4c(cccc24)CC3)ccc1O. The topological polar surface area (TPSA) is 41.8 Å². The van der Waals surface area contributed by atoms with Gasteiger partial charge in [-0.25, -0.2) is 0 Å². The molecule has 0 radical (unpaired) electrons. The average Bonchev–Trinajstić information content (AvgIpc) is 3.00. The van der Waals surface area contributed by atoms with Gasteiger partial charge in [-0.1, -0.05) is 24.3 Å². The van der Waals surface area contributed by atoms with Crippen molar-refractivity contribution < 1.29 is 9.84 Å². The van der Waals surface area contributed by atoms with Crippen molar-refractivity contribution in [3.63, 3.8) is 0 Å². The van der Waals surface area contributed by atoms with Gasteiger partial charge in [0.2, 0.25) is 0 Å². The van der Waals surface area contributed by atoms with E-state index in [0.29, 0.717) is 5.75 Å². The molecule has 1 N–H and O–H groups in total. The highest BCUT2D eigenvalue weighted by Crippen LogP contribution is 2.36. The summed E-state index contributed by atoms with van der Waals surface area (Å²) in [6.07, 6.45) is 4.05. The van der Waals surface area contributed by atoms with Crippen LogP contribution < -0.4 is 4.74 Å². The van der Waals surface area contributed by atoms with Crippen LogP contribution in [0.5, 0.6) is 11.5 Å². The number of phenolic OH excluding ortho intramolecular Hbond substituents is 1. The first-order valence-corrected chi connectivity index (χ1v) is 7.71. The molecule has 1 aliphatic rings. The van der Waals surface area contributed by atoms with E-state index in [1.165, 1.54) is 21.9 Å². The summed E-state index contributed by atoms with van der Waals surface area (Å²) in [5, 5.41) is 12.2. The summed E-state index contributed by atoms with van der Waals surface area (Å²) in [7, 11) is 1.54. The van der Waals surface area contributed by atoms with E-state index in [0.717, 1.165) is 24.1 Å². The predicted octanol–water partition coefficient (Wildman–Crippen LogP) is 4.40. The monoisotopic (exact) mass is 303 g/mol. The van der Waals surface area contributed by atoms with Gasteiger partial charge in [-0.2, -0.15) is 0 Å². The summed E-state index contributed by atoms with van der Waals surface area (Å²) < 4.78 is 5.14. The lowest BCUT2D eigenvalue weighted by atomic mass is 10.0. The normalized spacial score (nSPS) is 13.1. The molecule has 0 unspecified atom stereocenters. The summed E-state index contributed by atoms with van der Waals surface area (Å²) in [6, 6.07) is 15.9. The molecule has 114 valence electrons. The molecule has 0 saturated heterocycles.